The number of piperazine rings is 1. The fraction of sp³-hybridized carbons (Fsp3) is 0.500. The van der Waals surface area contributed by atoms with Crippen molar-refractivity contribution < 1.29 is 19.7 Å². The van der Waals surface area contributed by atoms with Crippen LogP contribution < -0.4 is 9.64 Å². The van der Waals surface area contributed by atoms with E-state index in [-0.39, 0.29) is 40.0 Å². The van der Waals surface area contributed by atoms with Gasteiger partial charge in [-0.3, -0.25) is 9.69 Å². The van der Waals surface area contributed by atoms with Crippen molar-refractivity contribution in [2.45, 2.75) is 70.5 Å². The fourth-order valence-corrected chi connectivity index (χ4v) is 12.7. The number of methoxy groups -OCH3 is 1. The van der Waals surface area contributed by atoms with E-state index in [1.165, 1.54) is 0 Å². The first-order valence-corrected chi connectivity index (χ1v) is 19.7. The minimum Gasteiger partial charge on any atom is -0.495 e. The molecule has 0 radical (unpaired) electrons. The number of β-amino-alcohol motifs (C(OH)–C–C–N with tert-alkyl or cyclic N) is 1. The Morgan fingerprint density at radius 1 is 0.808 bits per heavy atom. The standard InChI is InChI=1S/C46H54N2O4/c1-42-20-17-33(49)29-44(42)23-24-46(36(30-44)41(50)35-14-8-7-13-34(35)32-11-5-4-6-12-32)39(42)18-21-43(2)40(46)19-22-45(43,51)31-47-25-27-48(28-26-47)37-15-9-10-16-38(37)52-3/h4-16,23-24,30,33,39-40,49,51H,17-22,25-29,31H2,1-3H3/t33?,39-,40-,42-,43+,44+,45-,46-/m1/s1. The predicted molar refractivity (Wildman–Crippen MR) is 206 cm³/mol. The number of anilines is 1. The molecular weight excluding hydrogens is 645 g/mol. The zero-order chi connectivity index (χ0) is 35.9. The van der Waals surface area contributed by atoms with Crippen LogP contribution in [0.5, 0.6) is 5.75 Å². The number of para-hydroxylation sites is 2. The molecular formula is C46H54N2O4. The van der Waals surface area contributed by atoms with Gasteiger partial charge in [0, 0.05) is 60.1 Å². The van der Waals surface area contributed by atoms with Crippen LogP contribution in [-0.4, -0.2) is 72.4 Å². The number of allylic oxidation sites excluding steroid dienone is 4. The van der Waals surface area contributed by atoms with Crippen molar-refractivity contribution in [1.82, 2.24) is 4.90 Å². The SMILES string of the molecule is COc1ccccc1N1CCN(C[C@]2(O)CC[C@H]3[C@]45C=C[C@@]6(C=C4C(=O)c4ccccc4-c4ccccc4)CC(O)CC[C@]6(C)[C@H]5CC[C@@]32C)CC1. The number of nitrogens with zero attached hydrogens (tertiary/aromatic N) is 2. The number of benzene rings is 3. The smallest absolute Gasteiger partial charge is 0.190 e. The number of aliphatic hydroxyl groups is 2. The highest BCUT2D eigenvalue weighted by atomic mass is 16.5. The van der Waals surface area contributed by atoms with E-state index in [0.29, 0.717) is 13.0 Å². The van der Waals surface area contributed by atoms with Crippen molar-refractivity contribution >= 4 is 11.5 Å². The van der Waals surface area contributed by atoms with Crippen LogP contribution in [0.3, 0.4) is 0 Å². The second-order valence-corrected chi connectivity index (χ2v) is 17.5. The third kappa shape index (κ3) is 4.69. The van der Waals surface area contributed by atoms with Crippen molar-refractivity contribution in [2.24, 2.45) is 33.5 Å². The van der Waals surface area contributed by atoms with Gasteiger partial charge in [-0.05, 0) is 85.5 Å². The van der Waals surface area contributed by atoms with E-state index in [1.807, 2.05) is 48.5 Å². The molecule has 3 aromatic carbocycles. The number of carbonyl (C=O) groups excluding carboxylic acids is 1. The topological polar surface area (TPSA) is 73.2 Å². The first kappa shape index (κ1) is 34.1. The molecule has 1 saturated heterocycles. The van der Waals surface area contributed by atoms with Gasteiger partial charge in [0.2, 0.25) is 0 Å². The van der Waals surface area contributed by atoms with E-state index < -0.39 is 11.0 Å². The van der Waals surface area contributed by atoms with Gasteiger partial charge >= 0.3 is 0 Å². The summed E-state index contributed by atoms with van der Waals surface area (Å²) in [5.41, 5.74) is 2.71. The molecule has 10 rings (SSSR count). The van der Waals surface area contributed by atoms with Crippen molar-refractivity contribution in [3.8, 4) is 16.9 Å². The second kappa shape index (κ2) is 12.2. The molecule has 4 fully saturated rings. The molecule has 8 atom stereocenters. The Kier molecular flexibility index (Phi) is 7.97. The summed E-state index contributed by atoms with van der Waals surface area (Å²) in [6, 6.07) is 26.6. The van der Waals surface area contributed by atoms with E-state index in [2.05, 4.69) is 72.2 Å². The lowest BCUT2D eigenvalue weighted by Crippen LogP contribution is -2.67. The zero-order valence-corrected chi connectivity index (χ0v) is 31.1. The summed E-state index contributed by atoms with van der Waals surface area (Å²) >= 11 is 0. The first-order chi connectivity index (χ1) is 25.1. The Balaban J connectivity index is 1.08. The third-order valence-electron chi connectivity index (χ3n) is 15.5. The van der Waals surface area contributed by atoms with Crippen LogP contribution in [0.1, 0.15) is 69.2 Å². The Morgan fingerprint density at radius 3 is 2.27 bits per heavy atom. The van der Waals surface area contributed by atoms with Crippen LogP contribution in [0.4, 0.5) is 5.69 Å². The van der Waals surface area contributed by atoms with Gasteiger partial charge in [0.1, 0.15) is 5.75 Å². The molecule has 2 spiro atoms. The van der Waals surface area contributed by atoms with Gasteiger partial charge in [-0.25, -0.2) is 0 Å². The van der Waals surface area contributed by atoms with Crippen LogP contribution in [0.15, 0.2) is 103 Å². The van der Waals surface area contributed by atoms with Crippen LogP contribution in [-0.2, 0) is 0 Å². The lowest BCUT2D eigenvalue weighted by atomic mass is 9.32. The van der Waals surface area contributed by atoms with Gasteiger partial charge < -0.3 is 19.8 Å². The normalized spacial score (nSPS) is 37.9. The highest BCUT2D eigenvalue weighted by molar-refractivity contribution is 6.14. The van der Waals surface area contributed by atoms with E-state index in [9.17, 15) is 10.2 Å². The lowest BCUT2D eigenvalue weighted by Gasteiger charge is -2.71. The average Bonchev–Trinajstić information content (AvgIpc) is 3.44. The maximum Gasteiger partial charge on any atom is 0.190 e. The molecule has 6 aliphatic carbocycles. The summed E-state index contributed by atoms with van der Waals surface area (Å²) in [6.45, 7) is 9.02. The minimum absolute atomic E-state index is 0.0550. The van der Waals surface area contributed by atoms with Crippen LogP contribution >= 0.6 is 0 Å². The molecule has 1 unspecified atom stereocenters. The summed E-state index contributed by atoms with van der Waals surface area (Å²) in [5, 5.41) is 24.1. The third-order valence-corrected chi connectivity index (χ3v) is 15.5. The van der Waals surface area contributed by atoms with E-state index in [1.54, 1.807) is 7.11 Å². The van der Waals surface area contributed by atoms with Gasteiger partial charge in [-0.1, -0.05) is 98.8 Å². The highest BCUT2D eigenvalue weighted by Crippen LogP contribution is 2.78. The highest BCUT2D eigenvalue weighted by Gasteiger charge is 2.74. The molecule has 0 aromatic heterocycles. The van der Waals surface area contributed by atoms with Crippen molar-refractivity contribution in [1.29, 1.82) is 0 Å². The van der Waals surface area contributed by atoms with Crippen LogP contribution in [0.2, 0.25) is 0 Å². The Morgan fingerprint density at radius 2 is 1.48 bits per heavy atom. The molecule has 6 nitrogen and oxygen atoms in total. The Bertz CT molecular complexity index is 1930. The summed E-state index contributed by atoms with van der Waals surface area (Å²) < 4.78 is 5.67. The predicted octanol–water partition coefficient (Wildman–Crippen LogP) is 7.96. The number of ketones is 1. The van der Waals surface area contributed by atoms with E-state index in [0.717, 1.165) is 98.4 Å². The quantitative estimate of drug-likeness (QED) is 0.193. The largest absolute Gasteiger partial charge is 0.495 e. The van der Waals surface area contributed by atoms with Gasteiger partial charge in [0.25, 0.3) is 0 Å². The minimum atomic E-state index is -0.858. The number of fused-ring (bicyclic) bond motifs is 1. The van der Waals surface area contributed by atoms with Crippen molar-refractivity contribution in [3.63, 3.8) is 0 Å². The maximum absolute atomic E-state index is 15.4. The van der Waals surface area contributed by atoms with Crippen molar-refractivity contribution in [3.05, 3.63) is 108 Å². The number of rotatable bonds is 7. The monoisotopic (exact) mass is 698 g/mol. The maximum atomic E-state index is 15.4. The van der Waals surface area contributed by atoms with Gasteiger partial charge in [-0.15, -0.1) is 0 Å². The molecule has 52 heavy (non-hydrogen) atoms. The Labute approximate surface area is 309 Å². The molecule has 272 valence electrons. The van der Waals surface area contributed by atoms with Gasteiger partial charge in [-0.2, -0.15) is 0 Å². The first-order valence-electron chi connectivity index (χ1n) is 19.7. The lowest BCUT2D eigenvalue weighted by molar-refractivity contribution is -0.176. The number of aliphatic hydroxyl groups excluding tert-OH is 1. The number of hydrogen-bond acceptors (Lipinski definition) is 6. The summed E-state index contributed by atoms with van der Waals surface area (Å²) in [4.78, 5) is 20.3. The molecule has 2 bridgehead atoms. The number of carbonyl (C=O) groups is 1. The molecule has 1 aliphatic heterocycles. The molecule has 1 heterocycles. The number of hydrogen-bond donors (Lipinski definition) is 2. The summed E-state index contributed by atoms with van der Waals surface area (Å²) in [5.74, 6) is 1.42. The molecule has 6 heteroatoms. The van der Waals surface area contributed by atoms with E-state index in [4.69, 9.17) is 4.74 Å². The van der Waals surface area contributed by atoms with Crippen LogP contribution in [0, 0.1) is 33.5 Å². The molecule has 7 aliphatic rings. The molecule has 0 amide bonds. The molecule has 2 N–H and O–H groups in total. The number of ether oxygens (including phenoxy) is 1. The van der Waals surface area contributed by atoms with E-state index >= 15 is 4.79 Å². The molecule has 3 aromatic rings. The molecule has 3 saturated carbocycles. The fourth-order valence-electron chi connectivity index (χ4n) is 12.7. The Hall–Kier alpha value is -3.71. The van der Waals surface area contributed by atoms with Crippen molar-refractivity contribution in [2.75, 3.05) is 44.7 Å². The average molecular weight is 699 g/mol. The summed E-state index contributed by atoms with van der Waals surface area (Å²) in [7, 11) is 1.73. The number of Topliss-reactive ketones (excluding diaryl/α,β-unsaturated/α-hetero) is 1. The van der Waals surface area contributed by atoms with Crippen LogP contribution in [0.25, 0.3) is 11.1 Å². The zero-order valence-electron chi connectivity index (χ0n) is 31.1. The van der Waals surface area contributed by atoms with Gasteiger partial charge in [0.05, 0.1) is 24.5 Å². The van der Waals surface area contributed by atoms with Gasteiger partial charge in [0.15, 0.2) is 5.78 Å². The second-order valence-electron chi connectivity index (χ2n) is 17.5. The summed E-state index contributed by atoms with van der Waals surface area (Å²) in [6.07, 6.45) is 12.8.